The van der Waals surface area contributed by atoms with Gasteiger partial charge in [-0.25, -0.2) is 0 Å². The van der Waals surface area contributed by atoms with E-state index in [9.17, 15) is 4.79 Å². The first-order valence-corrected chi connectivity index (χ1v) is 9.17. The molecule has 1 saturated heterocycles. The highest BCUT2D eigenvalue weighted by molar-refractivity contribution is 5.92. The highest BCUT2D eigenvalue weighted by Gasteiger charge is 2.20. The lowest BCUT2D eigenvalue weighted by Gasteiger charge is -2.22. The van der Waals surface area contributed by atoms with Crippen LogP contribution in [0.1, 0.15) is 18.4 Å². The lowest BCUT2D eigenvalue weighted by molar-refractivity contribution is -0.120. The fourth-order valence-corrected chi connectivity index (χ4v) is 2.98. The average Bonchev–Trinajstić information content (AvgIpc) is 2.69. The van der Waals surface area contributed by atoms with Gasteiger partial charge in [0.25, 0.3) is 0 Å². The zero-order valence-electron chi connectivity index (χ0n) is 15.4. The fraction of sp³-hybridized carbons (Fsp3) is 0.381. The molecule has 0 bridgehead atoms. The van der Waals surface area contributed by atoms with E-state index in [2.05, 4.69) is 10.6 Å². The van der Waals surface area contributed by atoms with Crippen LogP contribution in [0.3, 0.4) is 0 Å². The Kier molecular flexibility index (Phi) is 9.11. The predicted molar refractivity (Wildman–Crippen MR) is 110 cm³/mol. The minimum absolute atomic E-state index is 0. The summed E-state index contributed by atoms with van der Waals surface area (Å²) in [4.78, 5) is 12.3. The molecule has 6 heteroatoms. The second kappa shape index (κ2) is 11.6. The summed E-state index contributed by atoms with van der Waals surface area (Å²) in [5.41, 5.74) is 1.85. The van der Waals surface area contributed by atoms with Crippen molar-refractivity contribution in [3.8, 4) is 5.75 Å². The van der Waals surface area contributed by atoms with Crippen molar-refractivity contribution in [1.82, 2.24) is 5.32 Å². The van der Waals surface area contributed by atoms with Gasteiger partial charge >= 0.3 is 0 Å². The number of para-hydroxylation sites is 1. The monoisotopic (exact) mass is 390 g/mol. The van der Waals surface area contributed by atoms with E-state index in [-0.39, 0.29) is 24.2 Å². The van der Waals surface area contributed by atoms with E-state index in [0.717, 1.165) is 42.9 Å². The molecule has 0 aromatic heterocycles. The molecule has 5 nitrogen and oxygen atoms in total. The normalized spacial score (nSPS) is 16.2. The third kappa shape index (κ3) is 7.21. The standard InChI is InChI=1S/C21H26N2O3.ClH/c24-21(18-7-5-11-22-15-18)23-19-8-4-6-17(14-19)16-25-12-13-26-20-9-2-1-3-10-20;/h1-4,6,8-10,14,18,22H,5,7,11-13,15-16H2,(H,23,24);1H. The summed E-state index contributed by atoms with van der Waals surface area (Å²) in [5, 5.41) is 6.29. The number of ether oxygens (including phenoxy) is 2. The fourth-order valence-electron chi connectivity index (χ4n) is 2.98. The molecule has 1 atom stereocenters. The van der Waals surface area contributed by atoms with Gasteiger partial charge in [0.2, 0.25) is 5.91 Å². The Labute approximate surface area is 166 Å². The van der Waals surface area contributed by atoms with Crippen molar-refractivity contribution in [3.63, 3.8) is 0 Å². The highest BCUT2D eigenvalue weighted by Crippen LogP contribution is 2.16. The van der Waals surface area contributed by atoms with Crippen LogP contribution in [0.15, 0.2) is 54.6 Å². The van der Waals surface area contributed by atoms with Crippen molar-refractivity contribution in [3.05, 3.63) is 60.2 Å². The molecule has 2 aromatic rings. The lowest BCUT2D eigenvalue weighted by atomic mass is 9.99. The number of benzene rings is 2. The molecule has 0 saturated carbocycles. The molecule has 1 heterocycles. The molecule has 1 aliphatic rings. The molecular formula is C21H27ClN2O3. The first-order valence-electron chi connectivity index (χ1n) is 9.17. The number of halogens is 1. The zero-order valence-corrected chi connectivity index (χ0v) is 16.2. The van der Waals surface area contributed by atoms with Crippen LogP contribution in [0.4, 0.5) is 5.69 Å². The van der Waals surface area contributed by atoms with Crippen LogP contribution in [0.5, 0.6) is 5.75 Å². The number of hydrogen-bond acceptors (Lipinski definition) is 4. The van der Waals surface area contributed by atoms with Gasteiger partial charge in [0, 0.05) is 12.2 Å². The van der Waals surface area contributed by atoms with Crippen LogP contribution in [0.25, 0.3) is 0 Å². The van der Waals surface area contributed by atoms with Crippen molar-refractivity contribution >= 4 is 24.0 Å². The number of carbonyl (C=O) groups excluding carboxylic acids is 1. The van der Waals surface area contributed by atoms with Crippen LogP contribution in [-0.2, 0) is 16.1 Å². The van der Waals surface area contributed by atoms with Gasteiger partial charge in [0.1, 0.15) is 12.4 Å². The SMILES string of the molecule is Cl.O=C(Nc1cccc(COCCOc2ccccc2)c1)C1CCCNC1. The van der Waals surface area contributed by atoms with Crippen molar-refractivity contribution in [2.75, 3.05) is 31.6 Å². The Morgan fingerprint density at radius 3 is 2.74 bits per heavy atom. The van der Waals surface area contributed by atoms with E-state index in [1.807, 2.05) is 54.6 Å². The number of anilines is 1. The molecule has 0 radical (unpaired) electrons. The van der Waals surface area contributed by atoms with E-state index in [1.165, 1.54) is 0 Å². The van der Waals surface area contributed by atoms with Gasteiger partial charge in [-0.3, -0.25) is 4.79 Å². The Bertz CT molecular complexity index is 691. The molecule has 3 rings (SSSR count). The summed E-state index contributed by atoms with van der Waals surface area (Å²) in [6, 6.07) is 17.5. The third-order valence-electron chi connectivity index (χ3n) is 4.37. The van der Waals surface area contributed by atoms with Crippen LogP contribution >= 0.6 is 12.4 Å². The molecule has 146 valence electrons. The molecule has 0 aliphatic carbocycles. The highest BCUT2D eigenvalue weighted by atomic mass is 35.5. The summed E-state index contributed by atoms with van der Waals surface area (Å²) < 4.78 is 11.3. The van der Waals surface area contributed by atoms with Gasteiger partial charge in [-0.1, -0.05) is 30.3 Å². The van der Waals surface area contributed by atoms with Crippen molar-refractivity contribution in [2.24, 2.45) is 5.92 Å². The van der Waals surface area contributed by atoms with Crippen molar-refractivity contribution in [1.29, 1.82) is 0 Å². The van der Waals surface area contributed by atoms with Gasteiger partial charge in [0.05, 0.1) is 19.1 Å². The largest absolute Gasteiger partial charge is 0.491 e. The number of amides is 1. The molecule has 1 fully saturated rings. The lowest BCUT2D eigenvalue weighted by Crippen LogP contribution is -2.37. The topological polar surface area (TPSA) is 59.6 Å². The summed E-state index contributed by atoms with van der Waals surface area (Å²) in [6.07, 6.45) is 2.00. The second-order valence-corrected chi connectivity index (χ2v) is 6.45. The van der Waals surface area contributed by atoms with Crippen LogP contribution in [0, 0.1) is 5.92 Å². The molecule has 1 amide bonds. The average molecular weight is 391 g/mol. The van der Waals surface area contributed by atoms with Crippen LogP contribution in [-0.4, -0.2) is 32.2 Å². The summed E-state index contributed by atoms with van der Waals surface area (Å²) in [6.45, 7) is 3.28. The molecule has 0 spiro atoms. The minimum Gasteiger partial charge on any atom is -0.491 e. The Morgan fingerprint density at radius 2 is 1.96 bits per heavy atom. The molecule has 2 aromatic carbocycles. The number of hydrogen-bond donors (Lipinski definition) is 2. The van der Waals surface area contributed by atoms with E-state index in [1.54, 1.807) is 0 Å². The van der Waals surface area contributed by atoms with E-state index in [4.69, 9.17) is 9.47 Å². The van der Waals surface area contributed by atoms with E-state index < -0.39 is 0 Å². The maximum Gasteiger partial charge on any atom is 0.228 e. The molecule has 2 N–H and O–H groups in total. The predicted octanol–water partition coefficient (Wildman–Crippen LogP) is 3.64. The smallest absolute Gasteiger partial charge is 0.228 e. The van der Waals surface area contributed by atoms with Crippen LogP contribution < -0.4 is 15.4 Å². The zero-order chi connectivity index (χ0) is 18.0. The molecular weight excluding hydrogens is 364 g/mol. The first kappa shape index (κ1) is 21.2. The number of carbonyl (C=O) groups is 1. The Hall–Kier alpha value is -2.08. The molecule has 1 unspecified atom stereocenters. The van der Waals surface area contributed by atoms with Gasteiger partial charge in [-0.15, -0.1) is 12.4 Å². The maximum atomic E-state index is 12.3. The molecule has 1 aliphatic heterocycles. The van der Waals surface area contributed by atoms with Gasteiger partial charge < -0.3 is 20.1 Å². The van der Waals surface area contributed by atoms with Crippen molar-refractivity contribution in [2.45, 2.75) is 19.4 Å². The van der Waals surface area contributed by atoms with Crippen LogP contribution in [0.2, 0.25) is 0 Å². The van der Waals surface area contributed by atoms with Gasteiger partial charge in [-0.05, 0) is 49.2 Å². The van der Waals surface area contributed by atoms with Gasteiger partial charge in [-0.2, -0.15) is 0 Å². The number of nitrogens with one attached hydrogen (secondary N) is 2. The van der Waals surface area contributed by atoms with E-state index >= 15 is 0 Å². The van der Waals surface area contributed by atoms with Crippen molar-refractivity contribution < 1.29 is 14.3 Å². The third-order valence-corrected chi connectivity index (χ3v) is 4.37. The Morgan fingerprint density at radius 1 is 1.11 bits per heavy atom. The summed E-state index contributed by atoms with van der Waals surface area (Å²) in [7, 11) is 0. The number of rotatable bonds is 8. The quantitative estimate of drug-likeness (QED) is 0.675. The number of piperidine rings is 1. The summed E-state index contributed by atoms with van der Waals surface area (Å²) in [5.74, 6) is 0.989. The Balaban J connectivity index is 0.00000261. The summed E-state index contributed by atoms with van der Waals surface area (Å²) >= 11 is 0. The first-order chi connectivity index (χ1) is 12.8. The molecule has 27 heavy (non-hydrogen) atoms. The maximum absolute atomic E-state index is 12.3. The minimum atomic E-state index is 0. The van der Waals surface area contributed by atoms with Gasteiger partial charge in [0.15, 0.2) is 0 Å². The second-order valence-electron chi connectivity index (χ2n) is 6.45. The van der Waals surface area contributed by atoms with E-state index in [0.29, 0.717) is 19.8 Å².